The zero-order valence-electron chi connectivity index (χ0n) is 32.3. The highest BCUT2D eigenvalue weighted by molar-refractivity contribution is 6.30. The van der Waals surface area contributed by atoms with Gasteiger partial charge in [0, 0.05) is 63.1 Å². The molecule has 0 spiro atoms. The Morgan fingerprint density at radius 1 is 0.827 bits per heavy atom. The summed E-state index contributed by atoms with van der Waals surface area (Å²) in [5.41, 5.74) is 6.00. The Morgan fingerprint density at radius 2 is 1.44 bits per heavy atom. The number of carbonyl (C=O) groups is 2. The Bertz CT molecular complexity index is 1530. The minimum atomic E-state index is -0.442. The van der Waals surface area contributed by atoms with Gasteiger partial charge in [0.2, 0.25) is 0 Å². The van der Waals surface area contributed by atoms with Crippen LogP contribution in [-0.2, 0) is 9.47 Å². The average Bonchev–Trinajstić information content (AvgIpc) is 3.12. The molecule has 2 aromatic carbocycles. The Kier molecular flexibility index (Phi) is 12.6. The van der Waals surface area contributed by atoms with Gasteiger partial charge in [0.15, 0.2) is 0 Å². The summed E-state index contributed by atoms with van der Waals surface area (Å²) in [5, 5.41) is 0.787. The highest BCUT2D eigenvalue weighted by Crippen LogP contribution is 2.45. The lowest BCUT2D eigenvalue weighted by Gasteiger charge is -2.45. The smallest absolute Gasteiger partial charge is 0.410 e. The van der Waals surface area contributed by atoms with E-state index < -0.39 is 5.60 Å². The van der Waals surface area contributed by atoms with Gasteiger partial charge in [0.1, 0.15) is 5.60 Å². The molecule has 0 bridgehead atoms. The highest BCUT2D eigenvalue weighted by atomic mass is 35.5. The van der Waals surface area contributed by atoms with Crippen LogP contribution in [0.3, 0.4) is 0 Å². The number of carbonyl (C=O) groups excluding carboxylic acids is 2. The number of halogens is 1. The van der Waals surface area contributed by atoms with E-state index in [1.807, 2.05) is 69.0 Å². The number of amides is 1. The maximum absolute atomic E-state index is 12.6. The molecule has 0 N–H and O–H groups in total. The third-order valence-electron chi connectivity index (χ3n) is 11.9. The van der Waals surface area contributed by atoms with Gasteiger partial charge in [-0.3, -0.25) is 4.90 Å². The van der Waals surface area contributed by atoms with E-state index in [1.165, 1.54) is 43.5 Å². The fourth-order valence-electron chi connectivity index (χ4n) is 9.06. The lowest BCUT2D eigenvalue weighted by molar-refractivity contribution is 0.0126. The molecule has 2 aromatic rings. The van der Waals surface area contributed by atoms with E-state index in [4.69, 9.17) is 21.1 Å². The topological polar surface area (TPSA) is 65.6 Å². The first kappa shape index (κ1) is 38.6. The number of hydrogen-bond donors (Lipinski definition) is 0. The van der Waals surface area contributed by atoms with Crippen molar-refractivity contribution in [1.82, 2.24) is 14.7 Å². The van der Waals surface area contributed by atoms with Crippen molar-refractivity contribution in [2.45, 2.75) is 85.2 Å². The number of esters is 1. The summed E-state index contributed by atoms with van der Waals surface area (Å²) in [7, 11) is 0. The largest absolute Gasteiger partial charge is 0.462 e. The van der Waals surface area contributed by atoms with Crippen molar-refractivity contribution in [2.75, 3.05) is 77.0 Å². The van der Waals surface area contributed by atoms with Crippen molar-refractivity contribution < 1.29 is 19.1 Å². The van der Waals surface area contributed by atoms with Gasteiger partial charge in [-0.15, -0.1) is 0 Å². The molecule has 284 valence electrons. The molecule has 3 aliphatic heterocycles. The van der Waals surface area contributed by atoms with Crippen molar-refractivity contribution in [3.8, 4) is 0 Å². The van der Waals surface area contributed by atoms with Crippen LogP contribution in [0.15, 0.2) is 54.1 Å². The highest BCUT2D eigenvalue weighted by Gasteiger charge is 2.37. The fourth-order valence-corrected chi connectivity index (χ4v) is 9.18. The molecular formula is C43H61ClN4O4. The van der Waals surface area contributed by atoms with Crippen LogP contribution in [-0.4, -0.2) is 104 Å². The maximum atomic E-state index is 12.6. The van der Waals surface area contributed by atoms with Crippen LogP contribution in [0.4, 0.5) is 10.5 Å². The molecule has 52 heavy (non-hydrogen) atoms. The minimum absolute atomic E-state index is 0.157. The lowest BCUT2D eigenvalue weighted by Crippen LogP contribution is -2.48. The number of allylic oxidation sites excluding steroid dienone is 1. The van der Waals surface area contributed by atoms with Gasteiger partial charge in [-0.25, -0.2) is 9.59 Å². The fraction of sp³-hybridized carbons (Fsp3) is 0.628. The van der Waals surface area contributed by atoms with Crippen molar-refractivity contribution >= 4 is 34.9 Å². The molecule has 1 atom stereocenters. The first-order valence-electron chi connectivity index (χ1n) is 19.8. The predicted molar refractivity (Wildman–Crippen MR) is 211 cm³/mol. The number of anilines is 1. The lowest BCUT2D eigenvalue weighted by atomic mass is 9.70. The summed E-state index contributed by atoms with van der Waals surface area (Å²) in [6, 6.07) is 16.3. The van der Waals surface area contributed by atoms with E-state index in [2.05, 4.69) is 33.8 Å². The number of piperazine rings is 1. The van der Waals surface area contributed by atoms with Crippen LogP contribution in [0.5, 0.6) is 0 Å². The molecular weight excluding hydrogens is 672 g/mol. The molecule has 3 heterocycles. The molecule has 6 rings (SSSR count). The van der Waals surface area contributed by atoms with Gasteiger partial charge in [0.25, 0.3) is 0 Å². The standard InChI is InChI=1S/C43H61ClN4O4/c1-6-51-40(49)35-9-13-38(14-10-35)47-27-25-45(26-28-47)30-36-29-43(5,20-15-39(36)34-7-11-37(44)12-8-34)31-46-21-16-32(17-22-46)33-18-23-48(24-19-33)41(50)52-42(2,3)4/h7-14,32-33H,6,15-31H2,1-5H3/t43-/m1/s1. The normalized spacial score (nSPS) is 23.2. The Labute approximate surface area is 317 Å². The summed E-state index contributed by atoms with van der Waals surface area (Å²) < 4.78 is 10.8. The van der Waals surface area contributed by atoms with E-state index in [-0.39, 0.29) is 17.5 Å². The molecule has 0 radical (unpaired) electrons. The number of rotatable bonds is 9. The Hall–Kier alpha value is -3.07. The van der Waals surface area contributed by atoms with Crippen molar-refractivity contribution in [2.24, 2.45) is 17.3 Å². The van der Waals surface area contributed by atoms with Gasteiger partial charge in [-0.2, -0.15) is 0 Å². The summed E-state index contributed by atoms with van der Waals surface area (Å²) >= 11 is 6.32. The minimum Gasteiger partial charge on any atom is -0.462 e. The predicted octanol–water partition coefficient (Wildman–Crippen LogP) is 8.64. The second-order valence-corrected chi connectivity index (χ2v) is 17.5. The second kappa shape index (κ2) is 16.9. The maximum Gasteiger partial charge on any atom is 0.410 e. The number of piperidine rings is 2. The van der Waals surface area contributed by atoms with E-state index in [9.17, 15) is 9.59 Å². The molecule has 0 unspecified atom stereocenters. The van der Waals surface area contributed by atoms with Gasteiger partial charge < -0.3 is 24.2 Å². The summed E-state index contributed by atoms with van der Waals surface area (Å²) in [6.07, 6.45) is 8.00. The summed E-state index contributed by atoms with van der Waals surface area (Å²) in [6.45, 7) is 20.7. The van der Waals surface area contributed by atoms with Crippen molar-refractivity contribution in [3.63, 3.8) is 0 Å². The van der Waals surface area contributed by atoms with E-state index in [0.717, 1.165) is 94.7 Å². The van der Waals surface area contributed by atoms with Gasteiger partial charge in [-0.05, 0) is 151 Å². The number of ether oxygens (including phenoxy) is 2. The molecule has 3 saturated heterocycles. The summed E-state index contributed by atoms with van der Waals surface area (Å²) in [4.78, 5) is 34.5. The monoisotopic (exact) mass is 732 g/mol. The molecule has 0 saturated carbocycles. The van der Waals surface area contributed by atoms with Crippen LogP contribution in [0, 0.1) is 17.3 Å². The first-order valence-corrected chi connectivity index (χ1v) is 20.2. The average molecular weight is 733 g/mol. The second-order valence-electron chi connectivity index (χ2n) is 17.0. The van der Waals surface area contributed by atoms with Crippen molar-refractivity contribution in [3.05, 3.63) is 70.3 Å². The zero-order chi connectivity index (χ0) is 36.9. The molecule has 1 amide bonds. The number of nitrogens with zero attached hydrogens (tertiary/aromatic N) is 4. The molecule has 0 aromatic heterocycles. The van der Waals surface area contributed by atoms with Crippen LogP contribution >= 0.6 is 11.6 Å². The van der Waals surface area contributed by atoms with E-state index in [1.54, 1.807) is 5.57 Å². The molecule has 1 aliphatic carbocycles. The quantitative estimate of drug-likeness (QED) is 0.239. The number of hydrogen-bond acceptors (Lipinski definition) is 7. The Balaban J connectivity index is 1.03. The van der Waals surface area contributed by atoms with Gasteiger partial charge in [0.05, 0.1) is 12.2 Å². The third kappa shape index (κ3) is 10.1. The van der Waals surface area contributed by atoms with E-state index in [0.29, 0.717) is 18.1 Å². The molecule has 8 nitrogen and oxygen atoms in total. The van der Waals surface area contributed by atoms with Gasteiger partial charge in [-0.1, -0.05) is 36.2 Å². The van der Waals surface area contributed by atoms with Crippen LogP contribution in [0.25, 0.3) is 5.57 Å². The van der Waals surface area contributed by atoms with Gasteiger partial charge >= 0.3 is 12.1 Å². The zero-order valence-corrected chi connectivity index (χ0v) is 33.1. The molecule has 3 fully saturated rings. The Morgan fingerprint density at radius 3 is 2.04 bits per heavy atom. The van der Waals surface area contributed by atoms with Crippen LogP contribution in [0.1, 0.15) is 95.5 Å². The van der Waals surface area contributed by atoms with E-state index >= 15 is 0 Å². The molecule has 9 heteroatoms. The summed E-state index contributed by atoms with van der Waals surface area (Å²) in [5.74, 6) is 1.21. The number of likely N-dealkylation sites (tertiary alicyclic amines) is 2. The van der Waals surface area contributed by atoms with Crippen molar-refractivity contribution in [1.29, 1.82) is 0 Å². The number of benzene rings is 2. The SMILES string of the molecule is CCOC(=O)c1ccc(N2CCN(CC3=C(c4ccc(Cl)cc4)CC[C@@](C)(CN4CCC(C5CCN(C(=O)OC(C)(C)C)CC5)CC4)C3)CC2)cc1. The van der Waals surface area contributed by atoms with Crippen LogP contribution in [0.2, 0.25) is 5.02 Å². The first-order chi connectivity index (χ1) is 24.9. The third-order valence-corrected chi connectivity index (χ3v) is 12.1. The molecule has 4 aliphatic rings. The van der Waals surface area contributed by atoms with Crippen LogP contribution < -0.4 is 4.90 Å².